The second-order valence-electron chi connectivity index (χ2n) is 10.1. The fourth-order valence-corrected chi connectivity index (χ4v) is 5.26. The Balaban J connectivity index is 1.37. The van der Waals surface area contributed by atoms with Crippen molar-refractivity contribution in [3.63, 3.8) is 0 Å². The van der Waals surface area contributed by atoms with E-state index in [2.05, 4.69) is 40.3 Å². The Morgan fingerprint density at radius 3 is 2.50 bits per heavy atom. The molecule has 1 amide bonds. The van der Waals surface area contributed by atoms with Gasteiger partial charge in [-0.3, -0.25) is 14.8 Å². The monoisotopic (exact) mass is 482 g/mol. The first-order valence-electron chi connectivity index (χ1n) is 12.8. The third kappa shape index (κ3) is 5.34. The standard InChI is InChI=1S/C30H34N4O2/c1-20(21-10-4-3-5-11-21)18-26(35)28(22-15-16-22)30(36)33-27-19-34(2)25-14-7-6-12-23(25)29(32-27)24-13-8-9-17-31-24/h3-14,17,20,22,26-28,35H,15-16,18-19H2,1-2H3,(H,33,36)/t20-,26-,27+,28-/m1/s1. The van der Waals surface area contributed by atoms with Gasteiger partial charge in [0.25, 0.3) is 0 Å². The maximum absolute atomic E-state index is 13.6. The van der Waals surface area contributed by atoms with Crippen LogP contribution in [0, 0.1) is 11.8 Å². The minimum absolute atomic E-state index is 0.112. The molecule has 186 valence electrons. The van der Waals surface area contributed by atoms with Crippen LogP contribution < -0.4 is 10.2 Å². The highest BCUT2D eigenvalue weighted by molar-refractivity contribution is 6.15. The molecule has 1 aliphatic carbocycles. The first-order valence-corrected chi connectivity index (χ1v) is 12.8. The van der Waals surface area contributed by atoms with Crippen LogP contribution in [0.3, 0.4) is 0 Å². The summed E-state index contributed by atoms with van der Waals surface area (Å²) in [4.78, 5) is 25.3. The zero-order chi connectivity index (χ0) is 25.1. The normalized spacial score (nSPS) is 19.9. The molecule has 6 heteroatoms. The number of carbonyl (C=O) groups is 1. The summed E-state index contributed by atoms with van der Waals surface area (Å²) in [5, 5.41) is 14.4. The second-order valence-corrected chi connectivity index (χ2v) is 10.1. The number of aromatic nitrogens is 1. The van der Waals surface area contributed by atoms with Gasteiger partial charge in [0.2, 0.25) is 5.91 Å². The Morgan fingerprint density at radius 1 is 1.06 bits per heavy atom. The Bertz CT molecular complexity index is 1210. The van der Waals surface area contributed by atoms with E-state index in [-0.39, 0.29) is 17.7 Å². The van der Waals surface area contributed by atoms with E-state index < -0.39 is 18.2 Å². The molecular weight excluding hydrogens is 448 g/mol. The van der Waals surface area contributed by atoms with Crippen molar-refractivity contribution in [1.82, 2.24) is 10.3 Å². The van der Waals surface area contributed by atoms with Crippen LogP contribution in [0.25, 0.3) is 0 Å². The predicted molar refractivity (Wildman–Crippen MR) is 143 cm³/mol. The fraction of sp³-hybridized carbons (Fsp3) is 0.367. The highest BCUT2D eigenvalue weighted by Gasteiger charge is 2.42. The van der Waals surface area contributed by atoms with Gasteiger partial charge in [-0.15, -0.1) is 0 Å². The molecule has 2 aliphatic rings. The summed E-state index contributed by atoms with van der Waals surface area (Å²) < 4.78 is 0. The molecule has 1 fully saturated rings. The molecule has 4 atom stereocenters. The van der Waals surface area contributed by atoms with E-state index in [1.807, 2.05) is 61.6 Å². The third-order valence-corrected chi connectivity index (χ3v) is 7.33. The van der Waals surface area contributed by atoms with Gasteiger partial charge < -0.3 is 15.3 Å². The van der Waals surface area contributed by atoms with E-state index >= 15 is 0 Å². The number of carbonyl (C=O) groups excluding carboxylic acids is 1. The highest BCUT2D eigenvalue weighted by atomic mass is 16.3. The molecule has 0 radical (unpaired) electrons. The van der Waals surface area contributed by atoms with E-state index in [1.54, 1.807) is 6.20 Å². The number of rotatable bonds is 8. The second kappa shape index (κ2) is 10.6. The molecule has 1 aromatic heterocycles. The average Bonchev–Trinajstić information content (AvgIpc) is 3.74. The minimum Gasteiger partial charge on any atom is -0.392 e. The fourth-order valence-electron chi connectivity index (χ4n) is 5.26. The molecule has 36 heavy (non-hydrogen) atoms. The van der Waals surface area contributed by atoms with Crippen LogP contribution in [0.4, 0.5) is 5.69 Å². The number of anilines is 1. The molecular formula is C30H34N4O2. The summed E-state index contributed by atoms with van der Waals surface area (Å²) in [5.74, 6) is -0.148. The molecule has 0 unspecified atom stereocenters. The summed E-state index contributed by atoms with van der Waals surface area (Å²) in [6.45, 7) is 2.65. The third-order valence-electron chi connectivity index (χ3n) is 7.33. The van der Waals surface area contributed by atoms with Crippen molar-refractivity contribution < 1.29 is 9.90 Å². The SMILES string of the molecule is C[C@H](C[C@@H](O)[C@H](C(=O)N[C@H]1CN(C)c2ccccc2C(c2ccccn2)=N1)C1CC1)c1ccccc1. The summed E-state index contributed by atoms with van der Waals surface area (Å²) in [7, 11) is 2.02. The minimum atomic E-state index is -0.701. The van der Waals surface area contributed by atoms with Gasteiger partial charge >= 0.3 is 0 Å². The number of aliphatic hydroxyl groups excluding tert-OH is 1. The molecule has 6 nitrogen and oxygen atoms in total. The van der Waals surface area contributed by atoms with Gasteiger partial charge in [-0.25, -0.2) is 0 Å². The van der Waals surface area contributed by atoms with Crippen molar-refractivity contribution in [1.29, 1.82) is 0 Å². The van der Waals surface area contributed by atoms with E-state index in [4.69, 9.17) is 4.99 Å². The summed E-state index contributed by atoms with van der Waals surface area (Å²) in [6.07, 6.45) is 3.12. The molecule has 2 heterocycles. The zero-order valence-corrected chi connectivity index (χ0v) is 20.9. The molecule has 0 saturated heterocycles. The van der Waals surface area contributed by atoms with Crippen LogP contribution in [-0.4, -0.2) is 47.6 Å². The topological polar surface area (TPSA) is 77.8 Å². The first-order chi connectivity index (χ1) is 17.5. The number of pyridine rings is 1. The largest absolute Gasteiger partial charge is 0.392 e. The van der Waals surface area contributed by atoms with Crippen molar-refractivity contribution in [3.05, 3.63) is 95.8 Å². The van der Waals surface area contributed by atoms with Crippen molar-refractivity contribution >= 4 is 17.3 Å². The van der Waals surface area contributed by atoms with Crippen molar-refractivity contribution in [2.24, 2.45) is 16.8 Å². The number of hydrogen-bond donors (Lipinski definition) is 2. The molecule has 2 aromatic carbocycles. The summed E-state index contributed by atoms with van der Waals surface area (Å²) in [5.41, 5.74) is 4.76. The van der Waals surface area contributed by atoms with Crippen molar-refractivity contribution in [2.45, 2.75) is 44.4 Å². The number of benzene rings is 2. The lowest BCUT2D eigenvalue weighted by Gasteiger charge is -2.27. The Labute approximate surface area is 213 Å². The number of amides is 1. The van der Waals surface area contributed by atoms with E-state index in [0.29, 0.717) is 13.0 Å². The molecule has 5 rings (SSSR count). The van der Waals surface area contributed by atoms with Crippen LogP contribution in [0.5, 0.6) is 0 Å². The molecule has 1 aliphatic heterocycles. The average molecular weight is 483 g/mol. The number of likely N-dealkylation sites (N-methyl/N-ethyl adjacent to an activating group) is 1. The highest BCUT2D eigenvalue weighted by Crippen LogP contribution is 2.41. The van der Waals surface area contributed by atoms with Crippen LogP contribution >= 0.6 is 0 Å². The predicted octanol–water partition coefficient (Wildman–Crippen LogP) is 4.39. The van der Waals surface area contributed by atoms with E-state index in [1.165, 1.54) is 5.56 Å². The van der Waals surface area contributed by atoms with Gasteiger partial charge in [-0.1, -0.05) is 61.5 Å². The number of hydrogen-bond acceptors (Lipinski definition) is 5. The number of fused-ring (bicyclic) bond motifs is 1. The molecule has 1 saturated carbocycles. The quantitative estimate of drug-likeness (QED) is 0.499. The van der Waals surface area contributed by atoms with Gasteiger partial charge in [0.05, 0.1) is 30.0 Å². The number of aliphatic hydroxyl groups is 1. The van der Waals surface area contributed by atoms with Crippen LogP contribution in [0.2, 0.25) is 0 Å². The van der Waals surface area contributed by atoms with Gasteiger partial charge in [0.1, 0.15) is 6.17 Å². The number of benzodiazepines with no additional fused rings is 1. The Hall–Kier alpha value is -3.51. The smallest absolute Gasteiger partial charge is 0.227 e. The van der Waals surface area contributed by atoms with Gasteiger partial charge in [-0.05, 0) is 54.9 Å². The molecule has 0 spiro atoms. The number of nitrogens with one attached hydrogen (secondary N) is 1. The molecule has 0 bridgehead atoms. The van der Waals surface area contributed by atoms with E-state index in [9.17, 15) is 9.90 Å². The first kappa shape index (κ1) is 24.2. The maximum Gasteiger partial charge on any atom is 0.227 e. The van der Waals surface area contributed by atoms with Crippen LogP contribution in [-0.2, 0) is 4.79 Å². The van der Waals surface area contributed by atoms with Gasteiger partial charge in [0, 0.05) is 24.5 Å². The lowest BCUT2D eigenvalue weighted by molar-refractivity contribution is -0.130. The molecule has 2 N–H and O–H groups in total. The van der Waals surface area contributed by atoms with Crippen molar-refractivity contribution in [2.75, 3.05) is 18.5 Å². The summed E-state index contributed by atoms with van der Waals surface area (Å²) >= 11 is 0. The van der Waals surface area contributed by atoms with Gasteiger partial charge in [-0.2, -0.15) is 0 Å². The number of aliphatic imine (C=N–C) groups is 1. The van der Waals surface area contributed by atoms with Crippen LogP contribution in [0.1, 0.15) is 48.9 Å². The molecule has 3 aromatic rings. The van der Waals surface area contributed by atoms with E-state index in [0.717, 1.165) is 35.5 Å². The zero-order valence-electron chi connectivity index (χ0n) is 20.9. The number of para-hydroxylation sites is 1. The number of nitrogens with zero attached hydrogens (tertiary/aromatic N) is 3. The lowest BCUT2D eigenvalue weighted by atomic mass is 9.86. The lowest BCUT2D eigenvalue weighted by Crippen LogP contribution is -2.47. The Kier molecular flexibility index (Phi) is 7.14. The Morgan fingerprint density at radius 2 is 1.78 bits per heavy atom. The van der Waals surface area contributed by atoms with Crippen LogP contribution in [0.15, 0.2) is 84.0 Å². The van der Waals surface area contributed by atoms with Gasteiger partial charge in [0.15, 0.2) is 0 Å². The maximum atomic E-state index is 13.6. The summed E-state index contributed by atoms with van der Waals surface area (Å²) in [6, 6.07) is 24.1. The van der Waals surface area contributed by atoms with Crippen molar-refractivity contribution in [3.8, 4) is 0 Å².